The molecule has 0 amide bonds. The third-order valence-electron chi connectivity index (χ3n) is 5.96. The van der Waals surface area contributed by atoms with Crippen molar-refractivity contribution in [2.45, 2.75) is 37.9 Å². The molecule has 5 atom stereocenters. The fourth-order valence-corrected chi connectivity index (χ4v) is 4.84. The lowest BCUT2D eigenvalue weighted by Gasteiger charge is -2.16. The molecule has 4 nitrogen and oxygen atoms in total. The van der Waals surface area contributed by atoms with Gasteiger partial charge >= 0.3 is 0 Å². The Morgan fingerprint density at radius 3 is 2.27 bits per heavy atom. The molecule has 2 saturated heterocycles. The number of rotatable bonds is 2. The summed E-state index contributed by atoms with van der Waals surface area (Å²) in [6, 6.07) is 4.74. The van der Waals surface area contributed by atoms with Crippen LogP contribution in [0.5, 0.6) is 0 Å². The SMILES string of the molecule is Cc1oc(-c2ccc(F)cc2F)cc1C1C(=O)[C@@H]2[C@H](C1=O)[C@H]1CC[C@@H]2O1. The van der Waals surface area contributed by atoms with Crippen molar-refractivity contribution < 1.29 is 27.5 Å². The van der Waals surface area contributed by atoms with Crippen LogP contribution in [0.2, 0.25) is 0 Å². The Bertz CT molecular complexity index is 919. The molecule has 0 spiro atoms. The predicted octanol–water partition coefficient (Wildman–Crippen LogP) is 3.56. The van der Waals surface area contributed by atoms with Crippen LogP contribution in [0.4, 0.5) is 8.78 Å². The molecular formula is C20H16F2O4. The van der Waals surface area contributed by atoms with Gasteiger partial charge in [-0.2, -0.15) is 0 Å². The number of aryl methyl sites for hydroxylation is 1. The first-order chi connectivity index (χ1) is 12.5. The number of carbonyl (C=O) groups is 2. The van der Waals surface area contributed by atoms with Gasteiger partial charge in [-0.25, -0.2) is 8.78 Å². The van der Waals surface area contributed by atoms with Gasteiger partial charge in [0.25, 0.3) is 0 Å². The molecule has 2 aromatic rings. The molecule has 1 aromatic carbocycles. The summed E-state index contributed by atoms with van der Waals surface area (Å²) in [6.07, 6.45) is 1.31. The summed E-state index contributed by atoms with van der Waals surface area (Å²) in [5.74, 6) is -2.70. The maximum Gasteiger partial charge on any atom is 0.154 e. The Hall–Kier alpha value is -2.34. The molecule has 5 rings (SSSR count). The Kier molecular flexibility index (Phi) is 3.26. The lowest BCUT2D eigenvalue weighted by Crippen LogP contribution is -2.29. The van der Waals surface area contributed by atoms with Crippen LogP contribution in [0.15, 0.2) is 28.7 Å². The second-order valence-corrected chi connectivity index (χ2v) is 7.33. The highest BCUT2D eigenvalue weighted by Gasteiger charge is 2.63. The van der Waals surface area contributed by atoms with Gasteiger partial charge in [0.2, 0.25) is 0 Å². The predicted molar refractivity (Wildman–Crippen MR) is 86.4 cm³/mol. The third kappa shape index (κ3) is 2.02. The zero-order valence-corrected chi connectivity index (χ0v) is 14.0. The minimum absolute atomic E-state index is 0.0993. The number of halogens is 2. The maximum atomic E-state index is 14.1. The van der Waals surface area contributed by atoms with E-state index in [4.69, 9.17) is 9.15 Å². The van der Waals surface area contributed by atoms with Crippen molar-refractivity contribution in [2.75, 3.05) is 0 Å². The number of Topliss-reactive ketones (excluding diaryl/α,β-unsaturated/α-hetero) is 2. The molecule has 3 heterocycles. The van der Waals surface area contributed by atoms with Crippen LogP contribution >= 0.6 is 0 Å². The molecule has 6 heteroatoms. The van der Waals surface area contributed by atoms with E-state index in [0.717, 1.165) is 25.0 Å². The molecule has 0 N–H and O–H groups in total. The highest BCUT2D eigenvalue weighted by Crippen LogP contribution is 2.53. The minimum atomic E-state index is -0.877. The van der Waals surface area contributed by atoms with Crippen molar-refractivity contribution in [3.63, 3.8) is 0 Å². The summed E-state index contributed by atoms with van der Waals surface area (Å²) < 4.78 is 38.6. The zero-order chi connectivity index (χ0) is 18.2. The topological polar surface area (TPSA) is 56.5 Å². The van der Waals surface area contributed by atoms with E-state index in [2.05, 4.69) is 0 Å². The second kappa shape index (κ2) is 5.33. The fraction of sp³-hybridized carbons (Fsp3) is 0.400. The first-order valence-corrected chi connectivity index (χ1v) is 8.74. The average Bonchev–Trinajstić information content (AvgIpc) is 3.33. The van der Waals surface area contributed by atoms with E-state index < -0.39 is 17.6 Å². The zero-order valence-electron chi connectivity index (χ0n) is 14.0. The van der Waals surface area contributed by atoms with E-state index in [-0.39, 0.29) is 46.9 Å². The van der Waals surface area contributed by atoms with Crippen LogP contribution in [0, 0.1) is 30.4 Å². The molecule has 1 saturated carbocycles. The molecule has 0 radical (unpaired) electrons. The quantitative estimate of drug-likeness (QED) is 0.771. The monoisotopic (exact) mass is 358 g/mol. The van der Waals surface area contributed by atoms with E-state index in [1.54, 1.807) is 6.92 Å². The van der Waals surface area contributed by atoms with Crippen molar-refractivity contribution in [1.29, 1.82) is 0 Å². The number of carbonyl (C=O) groups excluding carboxylic acids is 2. The Balaban J connectivity index is 1.54. The summed E-state index contributed by atoms with van der Waals surface area (Å²) in [5, 5.41) is 0. The van der Waals surface area contributed by atoms with E-state index in [9.17, 15) is 18.4 Å². The number of hydrogen-bond donors (Lipinski definition) is 0. The number of fused-ring (bicyclic) bond motifs is 5. The number of benzene rings is 1. The third-order valence-corrected chi connectivity index (χ3v) is 5.96. The van der Waals surface area contributed by atoms with Crippen molar-refractivity contribution >= 4 is 11.6 Å². The number of ketones is 2. The van der Waals surface area contributed by atoms with Gasteiger partial charge in [-0.3, -0.25) is 9.59 Å². The first-order valence-electron chi connectivity index (χ1n) is 8.74. The van der Waals surface area contributed by atoms with E-state index in [0.29, 0.717) is 11.3 Å². The number of hydrogen-bond acceptors (Lipinski definition) is 4. The summed E-state index contributed by atoms with van der Waals surface area (Å²) in [6.45, 7) is 1.65. The van der Waals surface area contributed by atoms with E-state index in [1.165, 1.54) is 12.1 Å². The molecule has 1 aliphatic carbocycles. The lowest BCUT2D eigenvalue weighted by molar-refractivity contribution is -0.127. The van der Waals surface area contributed by atoms with Gasteiger partial charge < -0.3 is 9.15 Å². The van der Waals surface area contributed by atoms with Gasteiger partial charge in [-0.1, -0.05) is 0 Å². The second-order valence-electron chi connectivity index (χ2n) is 7.33. The van der Waals surface area contributed by atoms with Gasteiger partial charge in [0.05, 0.1) is 29.6 Å². The molecule has 2 aliphatic heterocycles. The highest BCUT2D eigenvalue weighted by atomic mass is 19.1. The van der Waals surface area contributed by atoms with Gasteiger partial charge in [0.1, 0.15) is 29.1 Å². The Morgan fingerprint density at radius 2 is 1.65 bits per heavy atom. The van der Waals surface area contributed by atoms with E-state index >= 15 is 0 Å². The normalized spacial score (nSPS) is 32.5. The van der Waals surface area contributed by atoms with Crippen LogP contribution in [-0.4, -0.2) is 23.8 Å². The van der Waals surface area contributed by atoms with Gasteiger partial charge in [0.15, 0.2) is 11.6 Å². The van der Waals surface area contributed by atoms with E-state index in [1.807, 2.05) is 0 Å². The molecule has 1 unspecified atom stereocenters. The lowest BCUT2D eigenvalue weighted by atomic mass is 9.81. The molecule has 134 valence electrons. The number of furan rings is 1. The molecule has 26 heavy (non-hydrogen) atoms. The summed E-state index contributed by atoms with van der Waals surface area (Å²) in [4.78, 5) is 25.9. The summed E-state index contributed by atoms with van der Waals surface area (Å²) in [5.41, 5.74) is 0.578. The fourth-order valence-electron chi connectivity index (χ4n) is 4.84. The van der Waals surface area contributed by atoms with Gasteiger partial charge in [-0.05, 0) is 38.0 Å². The van der Waals surface area contributed by atoms with Gasteiger partial charge in [-0.15, -0.1) is 0 Å². The largest absolute Gasteiger partial charge is 0.461 e. The highest BCUT2D eigenvalue weighted by molar-refractivity contribution is 6.17. The summed E-state index contributed by atoms with van der Waals surface area (Å²) >= 11 is 0. The molecule has 1 aromatic heterocycles. The van der Waals surface area contributed by atoms with Crippen LogP contribution in [-0.2, 0) is 14.3 Å². The van der Waals surface area contributed by atoms with Gasteiger partial charge in [0, 0.05) is 11.6 Å². The smallest absolute Gasteiger partial charge is 0.154 e. The van der Waals surface area contributed by atoms with Crippen molar-refractivity contribution in [3.8, 4) is 11.3 Å². The van der Waals surface area contributed by atoms with Crippen LogP contribution < -0.4 is 0 Å². The summed E-state index contributed by atoms with van der Waals surface area (Å²) in [7, 11) is 0. The molecular weight excluding hydrogens is 342 g/mol. The number of ether oxygens (including phenoxy) is 1. The van der Waals surface area contributed by atoms with Crippen molar-refractivity contribution in [3.05, 3.63) is 47.2 Å². The average molecular weight is 358 g/mol. The minimum Gasteiger partial charge on any atom is -0.461 e. The molecule has 3 fully saturated rings. The van der Waals surface area contributed by atoms with Crippen molar-refractivity contribution in [1.82, 2.24) is 0 Å². The van der Waals surface area contributed by atoms with Crippen LogP contribution in [0.25, 0.3) is 11.3 Å². The standard InChI is InChI=1S/C20H16F2O4/c1-8-11(7-15(25-8)10-3-2-9(21)6-12(10)22)16-19(23)17-13-4-5-14(26-13)18(17)20(16)24/h2-3,6-7,13-14,16-18H,4-5H2,1H3/t13-,14+,16?,17-,18+. The maximum absolute atomic E-state index is 14.1. The Labute approximate surface area is 148 Å². The van der Waals surface area contributed by atoms with Crippen LogP contribution in [0.3, 0.4) is 0 Å². The molecule has 3 aliphatic rings. The first kappa shape index (κ1) is 15.9. The van der Waals surface area contributed by atoms with Crippen LogP contribution in [0.1, 0.15) is 30.1 Å². The Morgan fingerprint density at radius 1 is 1.00 bits per heavy atom. The molecule has 2 bridgehead atoms. The van der Waals surface area contributed by atoms with Crippen molar-refractivity contribution in [2.24, 2.45) is 11.8 Å².